The maximum absolute atomic E-state index is 10.4. The topological polar surface area (TPSA) is 70.1 Å². The third-order valence-electron chi connectivity index (χ3n) is 1.60. The number of imidazole rings is 1. The van der Waals surface area contributed by atoms with Crippen molar-refractivity contribution in [3.05, 3.63) is 33.6 Å². The highest BCUT2D eigenvalue weighted by Gasteiger charge is 2.03. The third kappa shape index (κ3) is 1.33. The van der Waals surface area contributed by atoms with Crippen molar-refractivity contribution >= 4 is 28.3 Å². The second kappa shape index (κ2) is 2.70. The van der Waals surface area contributed by atoms with Crippen LogP contribution in [0.4, 0.5) is 5.69 Å². The van der Waals surface area contributed by atoms with Crippen molar-refractivity contribution in [3.63, 3.8) is 0 Å². The summed E-state index contributed by atoms with van der Waals surface area (Å²) in [4.78, 5) is 17.5. The number of non-ortho nitro benzene ring substituents is 1. The smallest absolute Gasteiger partial charge is 0.269 e. The fourth-order valence-electron chi connectivity index (χ4n) is 1.03. The Kier molecular flexibility index (Phi) is 1.66. The molecule has 1 heterocycles. The number of hydrogen-bond donors (Lipinski definition) is 0. The van der Waals surface area contributed by atoms with E-state index in [-0.39, 0.29) is 11.0 Å². The SMILES string of the molecule is O=[N+]([O-])c1ccc2[n-]c(Cl)nc2c1. The average Bonchev–Trinajstić information content (AvgIpc) is 2.42. The molecule has 0 aliphatic carbocycles. The molecule has 0 spiro atoms. The molecule has 1 aromatic carbocycles. The van der Waals surface area contributed by atoms with Crippen molar-refractivity contribution in [2.24, 2.45) is 0 Å². The maximum atomic E-state index is 10.4. The molecule has 0 fully saturated rings. The summed E-state index contributed by atoms with van der Waals surface area (Å²) in [5, 5.41) is 10.5. The highest BCUT2D eigenvalue weighted by molar-refractivity contribution is 6.29. The molecule has 0 saturated heterocycles. The molecule has 1 aromatic heterocycles. The van der Waals surface area contributed by atoms with Crippen molar-refractivity contribution in [3.8, 4) is 0 Å². The second-order valence-corrected chi connectivity index (χ2v) is 2.76. The summed E-state index contributed by atoms with van der Waals surface area (Å²) < 4.78 is 0. The van der Waals surface area contributed by atoms with Gasteiger partial charge in [-0.05, 0) is 11.0 Å². The zero-order valence-corrected chi connectivity index (χ0v) is 7.02. The quantitative estimate of drug-likeness (QED) is 0.515. The van der Waals surface area contributed by atoms with Crippen LogP contribution in [0.5, 0.6) is 0 Å². The maximum Gasteiger partial charge on any atom is 0.269 e. The largest absolute Gasteiger partial charge is 0.426 e. The summed E-state index contributed by atoms with van der Waals surface area (Å²) >= 11 is 5.52. The van der Waals surface area contributed by atoms with Crippen molar-refractivity contribution in [2.45, 2.75) is 0 Å². The normalized spacial score (nSPS) is 10.5. The number of halogens is 1. The van der Waals surface area contributed by atoms with Crippen LogP contribution in [0.1, 0.15) is 0 Å². The van der Waals surface area contributed by atoms with Gasteiger partial charge < -0.3 is 9.97 Å². The van der Waals surface area contributed by atoms with Gasteiger partial charge in [0.1, 0.15) is 0 Å². The molecular weight excluding hydrogens is 194 g/mol. The van der Waals surface area contributed by atoms with E-state index < -0.39 is 4.92 Å². The molecule has 0 N–H and O–H groups in total. The number of aromatic nitrogens is 2. The van der Waals surface area contributed by atoms with E-state index in [0.717, 1.165) is 0 Å². The number of benzene rings is 1. The highest BCUT2D eigenvalue weighted by Crippen LogP contribution is 2.19. The van der Waals surface area contributed by atoms with E-state index in [4.69, 9.17) is 11.6 Å². The summed E-state index contributed by atoms with van der Waals surface area (Å²) in [6.07, 6.45) is 0. The van der Waals surface area contributed by atoms with Gasteiger partial charge in [-0.1, -0.05) is 17.7 Å². The first-order chi connectivity index (χ1) is 6.16. The van der Waals surface area contributed by atoms with E-state index in [1.807, 2.05) is 0 Å². The van der Waals surface area contributed by atoms with Crippen LogP contribution in [0.25, 0.3) is 11.0 Å². The Hall–Kier alpha value is -1.62. The monoisotopic (exact) mass is 196 g/mol. The first kappa shape index (κ1) is 8.00. The molecule has 2 rings (SSSR count). The number of rotatable bonds is 1. The molecule has 0 unspecified atom stereocenters. The summed E-state index contributed by atoms with van der Waals surface area (Å²) in [6.45, 7) is 0. The number of nitro benzene ring substituents is 1. The lowest BCUT2D eigenvalue weighted by Crippen LogP contribution is -1.86. The summed E-state index contributed by atoms with van der Waals surface area (Å²) in [6, 6.07) is 4.23. The second-order valence-electron chi connectivity index (χ2n) is 2.42. The predicted molar refractivity (Wildman–Crippen MR) is 46.7 cm³/mol. The summed E-state index contributed by atoms with van der Waals surface area (Å²) in [7, 11) is 0. The average molecular weight is 197 g/mol. The van der Waals surface area contributed by atoms with Gasteiger partial charge in [-0.3, -0.25) is 10.1 Å². The standard InChI is InChI=1S/C7H3ClN3O2/c8-7-9-5-2-1-4(11(12)13)3-6(5)10-7/h1-3H/q-1. The van der Waals surface area contributed by atoms with Gasteiger partial charge in [0.05, 0.1) is 4.92 Å². The van der Waals surface area contributed by atoms with Crippen molar-refractivity contribution in [2.75, 3.05) is 0 Å². The predicted octanol–water partition coefficient (Wildman–Crippen LogP) is 1.75. The van der Waals surface area contributed by atoms with Crippen molar-refractivity contribution < 1.29 is 4.92 Å². The molecule has 0 radical (unpaired) electrons. The minimum atomic E-state index is -0.484. The van der Waals surface area contributed by atoms with Gasteiger partial charge in [-0.25, -0.2) is 0 Å². The summed E-state index contributed by atoms with van der Waals surface area (Å²) in [5.41, 5.74) is 0.999. The van der Waals surface area contributed by atoms with E-state index >= 15 is 0 Å². The Balaban J connectivity index is 2.67. The molecule has 13 heavy (non-hydrogen) atoms. The molecule has 0 aliphatic rings. The molecule has 6 heteroatoms. The molecule has 2 aromatic rings. The van der Waals surface area contributed by atoms with Crippen LogP contribution in [-0.4, -0.2) is 9.91 Å². The fourth-order valence-corrected chi connectivity index (χ4v) is 1.22. The van der Waals surface area contributed by atoms with Gasteiger partial charge in [0, 0.05) is 17.4 Å². The molecule has 0 aliphatic heterocycles. The van der Waals surface area contributed by atoms with E-state index in [2.05, 4.69) is 9.97 Å². The zero-order valence-electron chi connectivity index (χ0n) is 6.27. The van der Waals surface area contributed by atoms with Crippen LogP contribution < -0.4 is 4.98 Å². The van der Waals surface area contributed by atoms with E-state index in [9.17, 15) is 10.1 Å². The first-order valence-electron chi connectivity index (χ1n) is 3.41. The lowest BCUT2D eigenvalue weighted by molar-refractivity contribution is -0.384. The summed E-state index contributed by atoms with van der Waals surface area (Å²) in [5.74, 6) is 0. The number of hydrogen-bond acceptors (Lipinski definition) is 3. The Morgan fingerprint density at radius 3 is 3.00 bits per heavy atom. The molecule has 0 bridgehead atoms. The van der Waals surface area contributed by atoms with Crippen LogP contribution in [0.2, 0.25) is 5.28 Å². The minimum absolute atomic E-state index is 0.0101. The number of nitro groups is 1. The van der Waals surface area contributed by atoms with Crippen LogP contribution in [0.3, 0.4) is 0 Å². The molecular formula is C7H3ClN3O2-. The van der Waals surface area contributed by atoms with Gasteiger partial charge in [-0.2, -0.15) is 0 Å². The van der Waals surface area contributed by atoms with Crippen LogP contribution in [0, 0.1) is 10.1 Å². The van der Waals surface area contributed by atoms with Gasteiger partial charge in [0.2, 0.25) is 0 Å². The van der Waals surface area contributed by atoms with Gasteiger partial charge in [-0.15, -0.1) is 0 Å². The minimum Gasteiger partial charge on any atom is -0.426 e. The van der Waals surface area contributed by atoms with Crippen LogP contribution >= 0.6 is 11.6 Å². The van der Waals surface area contributed by atoms with Crippen LogP contribution in [-0.2, 0) is 0 Å². The van der Waals surface area contributed by atoms with Gasteiger partial charge in [0.25, 0.3) is 5.69 Å². The Morgan fingerprint density at radius 2 is 2.31 bits per heavy atom. The van der Waals surface area contributed by atoms with Crippen molar-refractivity contribution in [1.29, 1.82) is 0 Å². The Labute approximate surface area is 77.5 Å². The van der Waals surface area contributed by atoms with E-state index in [0.29, 0.717) is 11.0 Å². The van der Waals surface area contributed by atoms with Gasteiger partial charge >= 0.3 is 0 Å². The Morgan fingerprint density at radius 1 is 1.54 bits per heavy atom. The van der Waals surface area contributed by atoms with Crippen LogP contribution in [0.15, 0.2) is 18.2 Å². The van der Waals surface area contributed by atoms with E-state index in [1.54, 1.807) is 0 Å². The highest BCUT2D eigenvalue weighted by atomic mass is 35.5. The third-order valence-corrected chi connectivity index (χ3v) is 1.76. The molecule has 0 saturated carbocycles. The van der Waals surface area contributed by atoms with Gasteiger partial charge in [0.15, 0.2) is 0 Å². The number of nitrogens with zero attached hydrogens (tertiary/aromatic N) is 3. The number of fused-ring (bicyclic) bond motifs is 1. The van der Waals surface area contributed by atoms with E-state index in [1.165, 1.54) is 18.2 Å². The lowest BCUT2D eigenvalue weighted by Gasteiger charge is -1.93. The Bertz CT molecular complexity index is 480. The van der Waals surface area contributed by atoms with Crippen molar-refractivity contribution in [1.82, 2.24) is 9.97 Å². The molecule has 5 nitrogen and oxygen atoms in total. The lowest BCUT2D eigenvalue weighted by atomic mass is 10.3. The molecule has 0 atom stereocenters. The first-order valence-corrected chi connectivity index (χ1v) is 3.79. The fraction of sp³-hybridized carbons (Fsp3) is 0. The zero-order chi connectivity index (χ0) is 9.42. The molecule has 0 amide bonds. The molecule has 66 valence electrons.